The minimum atomic E-state index is -1.35. The monoisotopic (exact) mass is 294 g/mol. The Bertz CT molecular complexity index is 784. The predicted molar refractivity (Wildman–Crippen MR) is 77.5 cm³/mol. The number of ether oxygens (including phenoxy) is 1. The molecule has 0 bridgehead atoms. The molecule has 1 N–H and O–H groups in total. The molecule has 2 rings (SSSR count). The average Bonchev–Trinajstić information content (AvgIpc) is 2.54. The average molecular weight is 294 g/mol. The lowest BCUT2D eigenvalue weighted by atomic mass is 9.98. The molecule has 0 spiro atoms. The van der Waals surface area contributed by atoms with E-state index in [0.29, 0.717) is 5.56 Å². The van der Waals surface area contributed by atoms with Gasteiger partial charge in [0, 0.05) is 11.1 Å². The second-order valence-electron chi connectivity index (χ2n) is 4.27. The fraction of sp³-hybridized carbons (Fsp3) is 0. The van der Waals surface area contributed by atoms with Crippen molar-refractivity contribution in [3.63, 3.8) is 0 Å². The normalized spacial score (nSPS) is 9.59. The standard InChI is InChI=1S/C17H10O5/c1-2-22-17(21)13-9-8-12(10-14(13)16(19)20)15(18)11-6-4-3-5-7-11/h1,3-10H,(H,19,20). The first kappa shape index (κ1) is 15.0. The molecule has 0 heterocycles. The number of carboxylic acid groups (broad SMARTS) is 1. The van der Waals surface area contributed by atoms with Crippen molar-refractivity contribution in [1.82, 2.24) is 0 Å². The van der Waals surface area contributed by atoms with Crippen LogP contribution in [0.3, 0.4) is 0 Å². The zero-order valence-electron chi connectivity index (χ0n) is 11.3. The molecule has 5 heteroatoms. The van der Waals surface area contributed by atoms with Gasteiger partial charge in [-0.2, -0.15) is 0 Å². The molecule has 0 aliphatic rings. The van der Waals surface area contributed by atoms with Crippen LogP contribution in [0, 0.1) is 12.5 Å². The first-order chi connectivity index (χ1) is 10.5. The summed E-state index contributed by atoms with van der Waals surface area (Å²) in [5.74, 6) is -2.66. The molecule has 0 saturated carbocycles. The summed E-state index contributed by atoms with van der Waals surface area (Å²) in [7, 11) is 0. The lowest BCUT2D eigenvalue weighted by Gasteiger charge is -2.06. The second kappa shape index (κ2) is 6.37. The summed E-state index contributed by atoms with van der Waals surface area (Å²) in [6.45, 7) is 0. The van der Waals surface area contributed by atoms with Gasteiger partial charge in [0.1, 0.15) is 6.11 Å². The maximum atomic E-state index is 12.3. The van der Waals surface area contributed by atoms with E-state index in [1.54, 1.807) is 36.4 Å². The molecule has 22 heavy (non-hydrogen) atoms. The van der Waals surface area contributed by atoms with Crippen LogP contribution in [-0.4, -0.2) is 22.8 Å². The number of terminal acetylenes is 1. The van der Waals surface area contributed by atoms with Crippen molar-refractivity contribution in [2.45, 2.75) is 0 Å². The van der Waals surface area contributed by atoms with Crippen LogP contribution in [0.2, 0.25) is 0 Å². The molecule has 0 fully saturated rings. The summed E-state index contributed by atoms with van der Waals surface area (Å²) in [6, 6.07) is 12.1. The SMILES string of the molecule is C#COC(=O)c1ccc(C(=O)c2ccccc2)cc1C(=O)O. The van der Waals surface area contributed by atoms with Crippen LogP contribution in [0.25, 0.3) is 0 Å². The molecule has 0 amide bonds. The third kappa shape index (κ3) is 3.02. The molecule has 0 aromatic heterocycles. The Morgan fingerprint density at radius 2 is 1.64 bits per heavy atom. The van der Waals surface area contributed by atoms with Gasteiger partial charge < -0.3 is 9.84 Å². The first-order valence-corrected chi connectivity index (χ1v) is 6.18. The molecule has 0 atom stereocenters. The number of esters is 1. The van der Waals surface area contributed by atoms with Gasteiger partial charge >= 0.3 is 11.9 Å². The van der Waals surface area contributed by atoms with Crippen molar-refractivity contribution in [3.8, 4) is 12.5 Å². The minimum absolute atomic E-state index is 0.154. The summed E-state index contributed by atoms with van der Waals surface area (Å²) in [4.78, 5) is 35.2. The van der Waals surface area contributed by atoms with E-state index in [9.17, 15) is 19.5 Å². The zero-order chi connectivity index (χ0) is 16.1. The number of carboxylic acids is 1. The van der Waals surface area contributed by atoms with Gasteiger partial charge in [0.15, 0.2) is 5.78 Å². The molecule has 108 valence electrons. The smallest absolute Gasteiger partial charge is 0.352 e. The Kier molecular flexibility index (Phi) is 4.35. The largest absolute Gasteiger partial charge is 0.478 e. The van der Waals surface area contributed by atoms with E-state index >= 15 is 0 Å². The molecule has 0 radical (unpaired) electrons. The Hall–Kier alpha value is -3.39. The molecule has 0 aliphatic heterocycles. The van der Waals surface area contributed by atoms with Crippen LogP contribution in [0.4, 0.5) is 0 Å². The lowest BCUT2D eigenvalue weighted by Crippen LogP contribution is -2.12. The molecule has 0 aliphatic carbocycles. The molecule has 0 saturated heterocycles. The molecule has 2 aromatic rings. The summed E-state index contributed by atoms with van der Waals surface area (Å²) in [5, 5.41) is 9.19. The quantitative estimate of drug-likeness (QED) is 0.532. The predicted octanol–water partition coefficient (Wildman–Crippen LogP) is 2.36. The van der Waals surface area contributed by atoms with Gasteiger partial charge in [-0.05, 0) is 12.1 Å². The highest BCUT2D eigenvalue weighted by Crippen LogP contribution is 2.17. The number of rotatable bonds is 4. The summed E-state index contributed by atoms with van der Waals surface area (Å²) >= 11 is 0. The molecule has 2 aromatic carbocycles. The Morgan fingerprint density at radius 3 is 2.23 bits per heavy atom. The highest BCUT2D eigenvalue weighted by molar-refractivity contribution is 6.11. The maximum absolute atomic E-state index is 12.3. The van der Waals surface area contributed by atoms with E-state index < -0.39 is 11.9 Å². The van der Waals surface area contributed by atoms with E-state index in [4.69, 9.17) is 6.42 Å². The number of carbonyl (C=O) groups excluding carboxylic acids is 2. The van der Waals surface area contributed by atoms with Crippen molar-refractivity contribution < 1.29 is 24.2 Å². The van der Waals surface area contributed by atoms with Gasteiger partial charge in [0.25, 0.3) is 0 Å². The Balaban J connectivity index is 2.47. The number of carbonyl (C=O) groups is 3. The number of hydrogen-bond acceptors (Lipinski definition) is 4. The summed E-state index contributed by atoms with van der Waals surface area (Å²) in [6.07, 6.45) is 6.54. The number of hydrogen-bond donors (Lipinski definition) is 1. The molecule has 0 unspecified atom stereocenters. The van der Waals surface area contributed by atoms with Gasteiger partial charge in [0.05, 0.1) is 11.1 Å². The minimum Gasteiger partial charge on any atom is -0.478 e. The fourth-order valence-corrected chi connectivity index (χ4v) is 1.91. The number of ketones is 1. The summed E-state index contributed by atoms with van der Waals surface area (Å²) in [5.41, 5.74) is 0.00995. The molecular weight excluding hydrogens is 284 g/mol. The van der Waals surface area contributed by atoms with E-state index in [0.717, 1.165) is 6.07 Å². The molecule has 5 nitrogen and oxygen atoms in total. The van der Waals surface area contributed by atoms with Crippen LogP contribution in [0.5, 0.6) is 0 Å². The van der Waals surface area contributed by atoms with E-state index in [1.165, 1.54) is 12.1 Å². The van der Waals surface area contributed by atoms with Gasteiger partial charge in [-0.15, -0.1) is 0 Å². The second-order valence-corrected chi connectivity index (χ2v) is 4.27. The van der Waals surface area contributed by atoms with Crippen LogP contribution in [0.15, 0.2) is 48.5 Å². The topological polar surface area (TPSA) is 80.7 Å². The van der Waals surface area contributed by atoms with E-state index in [1.807, 2.05) is 0 Å². The third-order valence-corrected chi connectivity index (χ3v) is 2.92. The van der Waals surface area contributed by atoms with Crippen LogP contribution >= 0.6 is 0 Å². The highest BCUT2D eigenvalue weighted by atomic mass is 16.5. The van der Waals surface area contributed by atoms with Gasteiger partial charge in [0.2, 0.25) is 0 Å². The first-order valence-electron chi connectivity index (χ1n) is 6.18. The Morgan fingerprint density at radius 1 is 0.955 bits per heavy atom. The lowest BCUT2D eigenvalue weighted by molar-refractivity contribution is 0.0649. The van der Waals surface area contributed by atoms with Crippen molar-refractivity contribution in [1.29, 1.82) is 0 Å². The fourth-order valence-electron chi connectivity index (χ4n) is 1.91. The van der Waals surface area contributed by atoms with Crippen molar-refractivity contribution >= 4 is 17.7 Å². The van der Waals surface area contributed by atoms with Crippen LogP contribution in [0.1, 0.15) is 36.6 Å². The maximum Gasteiger partial charge on any atom is 0.352 e. The van der Waals surface area contributed by atoms with E-state index in [-0.39, 0.29) is 22.5 Å². The van der Waals surface area contributed by atoms with Crippen LogP contribution in [-0.2, 0) is 4.74 Å². The summed E-state index contributed by atoms with van der Waals surface area (Å²) < 4.78 is 4.34. The van der Waals surface area contributed by atoms with Gasteiger partial charge in [-0.3, -0.25) is 4.79 Å². The van der Waals surface area contributed by atoms with E-state index in [2.05, 4.69) is 4.74 Å². The highest BCUT2D eigenvalue weighted by Gasteiger charge is 2.20. The number of aromatic carboxylic acids is 1. The van der Waals surface area contributed by atoms with Crippen molar-refractivity contribution in [2.24, 2.45) is 0 Å². The van der Waals surface area contributed by atoms with Gasteiger partial charge in [-0.1, -0.05) is 42.8 Å². The zero-order valence-corrected chi connectivity index (χ0v) is 11.3. The third-order valence-electron chi connectivity index (χ3n) is 2.92. The molecular formula is C17H10O5. The number of benzene rings is 2. The van der Waals surface area contributed by atoms with Gasteiger partial charge in [-0.25, -0.2) is 9.59 Å². The van der Waals surface area contributed by atoms with Crippen LogP contribution < -0.4 is 0 Å². The van der Waals surface area contributed by atoms with Crippen molar-refractivity contribution in [2.75, 3.05) is 0 Å². The Labute approximate surface area is 126 Å². The van der Waals surface area contributed by atoms with Crippen molar-refractivity contribution in [3.05, 3.63) is 70.8 Å².